The summed E-state index contributed by atoms with van der Waals surface area (Å²) in [6.07, 6.45) is 1.43. The fraction of sp³-hybridized carbons (Fsp3) is 0.0714. The zero-order valence-electron chi connectivity index (χ0n) is 10.4. The first-order valence-corrected chi connectivity index (χ1v) is 6.87. The van der Waals surface area contributed by atoms with Gasteiger partial charge in [0, 0.05) is 5.69 Å². The molecule has 1 aromatic carbocycles. The van der Waals surface area contributed by atoms with Gasteiger partial charge in [-0.15, -0.1) is 11.3 Å². The summed E-state index contributed by atoms with van der Waals surface area (Å²) in [5, 5.41) is 5.49. The van der Waals surface area contributed by atoms with Crippen molar-refractivity contribution in [3.63, 3.8) is 0 Å². The molecule has 0 aliphatic carbocycles. The number of benzene rings is 1. The van der Waals surface area contributed by atoms with Crippen molar-refractivity contribution in [2.75, 3.05) is 11.9 Å². The number of nitrogens with one attached hydrogen (secondary N) is 1. The SMILES string of the molecule is O=C(COc1ncnc2sccc12)Nc1ccccc1. The zero-order chi connectivity index (χ0) is 13.8. The summed E-state index contributed by atoms with van der Waals surface area (Å²) in [6.45, 7) is -0.0865. The minimum absolute atomic E-state index is 0.0865. The van der Waals surface area contributed by atoms with E-state index >= 15 is 0 Å². The number of hydrogen-bond acceptors (Lipinski definition) is 5. The number of hydrogen-bond donors (Lipinski definition) is 1. The van der Waals surface area contributed by atoms with E-state index in [1.807, 2.05) is 41.8 Å². The minimum Gasteiger partial charge on any atom is -0.467 e. The van der Waals surface area contributed by atoms with Crippen LogP contribution < -0.4 is 10.1 Å². The van der Waals surface area contributed by atoms with E-state index in [9.17, 15) is 4.79 Å². The highest BCUT2D eigenvalue weighted by molar-refractivity contribution is 7.16. The molecule has 0 bridgehead atoms. The molecule has 3 rings (SSSR count). The van der Waals surface area contributed by atoms with Crippen molar-refractivity contribution in [2.45, 2.75) is 0 Å². The lowest BCUT2D eigenvalue weighted by Crippen LogP contribution is -2.20. The highest BCUT2D eigenvalue weighted by atomic mass is 32.1. The average Bonchev–Trinajstić information content (AvgIpc) is 2.95. The molecule has 2 aromatic heterocycles. The molecule has 0 atom stereocenters. The van der Waals surface area contributed by atoms with E-state index in [0.29, 0.717) is 5.88 Å². The Morgan fingerprint density at radius 2 is 2.05 bits per heavy atom. The van der Waals surface area contributed by atoms with Crippen LogP contribution in [0.2, 0.25) is 0 Å². The molecule has 20 heavy (non-hydrogen) atoms. The Labute approximate surface area is 119 Å². The van der Waals surface area contributed by atoms with Gasteiger partial charge in [-0.3, -0.25) is 4.79 Å². The molecule has 0 radical (unpaired) electrons. The van der Waals surface area contributed by atoms with Crippen LogP contribution in [0.15, 0.2) is 48.1 Å². The van der Waals surface area contributed by atoms with Crippen LogP contribution in [-0.4, -0.2) is 22.5 Å². The summed E-state index contributed by atoms with van der Waals surface area (Å²) in [4.78, 5) is 20.8. The summed E-state index contributed by atoms with van der Waals surface area (Å²) in [6, 6.07) is 11.1. The lowest BCUT2D eigenvalue weighted by molar-refractivity contribution is -0.118. The van der Waals surface area contributed by atoms with Gasteiger partial charge in [-0.05, 0) is 23.6 Å². The molecule has 0 saturated heterocycles. The lowest BCUT2D eigenvalue weighted by Gasteiger charge is -2.07. The van der Waals surface area contributed by atoms with Gasteiger partial charge in [-0.1, -0.05) is 18.2 Å². The molecule has 5 nitrogen and oxygen atoms in total. The smallest absolute Gasteiger partial charge is 0.262 e. The standard InChI is InChI=1S/C14H11N3O2S/c18-12(17-10-4-2-1-3-5-10)8-19-13-11-6-7-20-14(11)16-9-15-13/h1-7,9H,8H2,(H,17,18). The molecule has 6 heteroatoms. The predicted molar refractivity (Wildman–Crippen MR) is 78.0 cm³/mol. The number of carbonyl (C=O) groups excluding carboxylic acids is 1. The largest absolute Gasteiger partial charge is 0.467 e. The fourth-order valence-corrected chi connectivity index (χ4v) is 2.46. The Kier molecular flexibility index (Phi) is 3.56. The van der Waals surface area contributed by atoms with Gasteiger partial charge in [0.1, 0.15) is 11.2 Å². The topological polar surface area (TPSA) is 64.1 Å². The van der Waals surface area contributed by atoms with Crippen molar-refractivity contribution in [2.24, 2.45) is 0 Å². The third-order valence-electron chi connectivity index (χ3n) is 2.62. The number of para-hydroxylation sites is 1. The number of anilines is 1. The molecule has 1 N–H and O–H groups in total. The van der Waals surface area contributed by atoms with Crippen LogP contribution >= 0.6 is 11.3 Å². The second-order valence-corrected chi connectivity index (χ2v) is 4.92. The number of amides is 1. The monoisotopic (exact) mass is 285 g/mol. The summed E-state index contributed by atoms with van der Waals surface area (Å²) < 4.78 is 5.46. The summed E-state index contributed by atoms with van der Waals surface area (Å²) in [5.41, 5.74) is 0.740. The van der Waals surface area contributed by atoms with Crippen molar-refractivity contribution < 1.29 is 9.53 Å². The number of thiophene rings is 1. The van der Waals surface area contributed by atoms with Gasteiger partial charge >= 0.3 is 0 Å². The van der Waals surface area contributed by atoms with Gasteiger partial charge in [0.25, 0.3) is 5.91 Å². The van der Waals surface area contributed by atoms with Gasteiger partial charge < -0.3 is 10.1 Å². The molecule has 0 aliphatic rings. The first-order chi connectivity index (χ1) is 9.83. The van der Waals surface area contributed by atoms with E-state index in [-0.39, 0.29) is 12.5 Å². The molecule has 0 unspecified atom stereocenters. The minimum atomic E-state index is -0.224. The van der Waals surface area contributed by atoms with E-state index in [1.54, 1.807) is 0 Å². The average molecular weight is 285 g/mol. The molecule has 100 valence electrons. The summed E-state index contributed by atoms with van der Waals surface area (Å²) >= 11 is 1.51. The van der Waals surface area contributed by atoms with Crippen molar-refractivity contribution in [1.29, 1.82) is 0 Å². The normalized spacial score (nSPS) is 10.4. The summed E-state index contributed by atoms with van der Waals surface area (Å²) in [7, 11) is 0. The maximum atomic E-state index is 11.8. The number of ether oxygens (including phenoxy) is 1. The highest BCUT2D eigenvalue weighted by Gasteiger charge is 2.08. The van der Waals surface area contributed by atoms with Crippen molar-refractivity contribution in [1.82, 2.24) is 9.97 Å². The van der Waals surface area contributed by atoms with Gasteiger partial charge in [0.15, 0.2) is 6.61 Å². The first-order valence-electron chi connectivity index (χ1n) is 5.99. The molecule has 2 heterocycles. The third-order valence-corrected chi connectivity index (χ3v) is 3.44. The van der Waals surface area contributed by atoms with Crippen LogP contribution in [0.5, 0.6) is 5.88 Å². The fourth-order valence-electron chi connectivity index (χ4n) is 1.73. The molecular formula is C14H11N3O2S. The second-order valence-electron chi connectivity index (χ2n) is 4.02. The molecule has 1 amide bonds. The van der Waals surface area contributed by atoms with Crippen LogP contribution in [0.4, 0.5) is 5.69 Å². The van der Waals surface area contributed by atoms with Crippen molar-refractivity contribution >= 4 is 33.1 Å². The maximum absolute atomic E-state index is 11.8. The van der Waals surface area contributed by atoms with Gasteiger partial charge in [-0.2, -0.15) is 0 Å². The van der Waals surface area contributed by atoms with Crippen molar-refractivity contribution in [3.05, 3.63) is 48.1 Å². The molecule has 0 fully saturated rings. The Morgan fingerprint density at radius 1 is 1.20 bits per heavy atom. The lowest BCUT2D eigenvalue weighted by atomic mass is 10.3. The molecular weight excluding hydrogens is 274 g/mol. The number of carbonyl (C=O) groups is 1. The number of aromatic nitrogens is 2. The van der Waals surface area contributed by atoms with Gasteiger partial charge in [0.05, 0.1) is 5.39 Å². The second kappa shape index (κ2) is 5.66. The van der Waals surface area contributed by atoms with E-state index in [1.165, 1.54) is 17.7 Å². The van der Waals surface area contributed by atoms with E-state index in [2.05, 4.69) is 15.3 Å². The van der Waals surface area contributed by atoms with Crippen LogP contribution in [-0.2, 0) is 4.79 Å². The number of fused-ring (bicyclic) bond motifs is 1. The summed E-state index contributed by atoms with van der Waals surface area (Å²) in [5.74, 6) is 0.206. The van der Waals surface area contributed by atoms with E-state index in [4.69, 9.17) is 4.74 Å². The zero-order valence-corrected chi connectivity index (χ0v) is 11.3. The molecule has 0 aliphatic heterocycles. The molecule has 3 aromatic rings. The maximum Gasteiger partial charge on any atom is 0.262 e. The Morgan fingerprint density at radius 3 is 2.90 bits per heavy atom. The Balaban J connectivity index is 1.65. The van der Waals surface area contributed by atoms with E-state index in [0.717, 1.165) is 15.9 Å². The Hall–Kier alpha value is -2.47. The van der Waals surface area contributed by atoms with Gasteiger partial charge in [0.2, 0.25) is 5.88 Å². The highest BCUT2D eigenvalue weighted by Crippen LogP contribution is 2.25. The number of nitrogens with zero attached hydrogens (tertiary/aromatic N) is 2. The van der Waals surface area contributed by atoms with Crippen molar-refractivity contribution in [3.8, 4) is 5.88 Å². The van der Waals surface area contributed by atoms with Crippen LogP contribution in [0, 0.1) is 0 Å². The first kappa shape index (κ1) is 12.6. The molecule has 0 saturated carbocycles. The third kappa shape index (κ3) is 2.75. The van der Waals surface area contributed by atoms with Crippen LogP contribution in [0.3, 0.4) is 0 Å². The quantitative estimate of drug-likeness (QED) is 0.800. The van der Waals surface area contributed by atoms with Crippen LogP contribution in [0.1, 0.15) is 0 Å². The number of rotatable bonds is 4. The van der Waals surface area contributed by atoms with Crippen LogP contribution in [0.25, 0.3) is 10.2 Å². The predicted octanol–water partition coefficient (Wildman–Crippen LogP) is 2.71. The van der Waals surface area contributed by atoms with E-state index < -0.39 is 0 Å². The Bertz CT molecular complexity index is 727. The van der Waals surface area contributed by atoms with Gasteiger partial charge in [-0.25, -0.2) is 9.97 Å². The molecule has 0 spiro atoms.